The van der Waals surface area contributed by atoms with E-state index in [4.69, 9.17) is 0 Å². The zero-order chi connectivity index (χ0) is 16.9. The van der Waals surface area contributed by atoms with Crippen molar-refractivity contribution in [2.45, 2.75) is 19.1 Å². The highest BCUT2D eigenvalue weighted by Gasteiger charge is 2.31. The minimum atomic E-state index is 0.394. The quantitative estimate of drug-likeness (QED) is 0.676. The van der Waals surface area contributed by atoms with Crippen LogP contribution in [0, 0.1) is 0 Å². The Bertz CT molecular complexity index is 771. The zero-order valence-electron chi connectivity index (χ0n) is 14.5. The molecule has 25 heavy (non-hydrogen) atoms. The fourth-order valence-electron chi connectivity index (χ4n) is 3.72. The Balaban J connectivity index is 1.59. The van der Waals surface area contributed by atoms with Gasteiger partial charge >= 0.3 is 0 Å². The smallest absolute Gasteiger partial charge is 0.0865 e. The van der Waals surface area contributed by atoms with Gasteiger partial charge in [-0.05, 0) is 23.3 Å². The van der Waals surface area contributed by atoms with Gasteiger partial charge in [-0.2, -0.15) is 0 Å². The Hall–Kier alpha value is -2.58. The molecule has 0 spiro atoms. The molecule has 2 heteroatoms. The molecule has 0 aliphatic carbocycles. The molecule has 0 amide bonds. The van der Waals surface area contributed by atoms with Crippen molar-refractivity contribution in [2.75, 3.05) is 18.0 Å². The maximum atomic E-state index is 2.61. The molecular weight excluding hydrogens is 304 g/mol. The van der Waals surface area contributed by atoms with Crippen LogP contribution in [0.2, 0.25) is 0 Å². The molecular formula is C23H24N2. The van der Waals surface area contributed by atoms with Crippen LogP contribution in [-0.4, -0.2) is 24.2 Å². The highest BCUT2D eigenvalue weighted by molar-refractivity contribution is 5.48. The van der Waals surface area contributed by atoms with Crippen LogP contribution in [0.3, 0.4) is 0 Å². The Kier molecular flexibility index (Phi) is 4.80. The van der Waals surface area contributed by atoms with Crippen LogP contribution in [0.4, 0.5) is 5.69 Å². The van der Waals surface area contributed by atoms with Gasteiger partial charge in [-0.3, -0.25) is 4.90 Å². The van der Waals surface area contributed by atoms with Crippen LogP contribution in [0.25, 0.3) is 0 Å². The summed E-state index contributed by atoms with van der Waals surface area (Å²) in [6, 6.07) is 32.5. The van der Waals surface area contributed by atoms with E-state index in [1.165, 1.54) is 16.8 Å². The first-order valence-electron chi connectivity index (χ1n) is 9.04. The minimum Gasteiger partial charge on any atom is -0.354 e. The average molecular weight is 328 g/mol. The van der Waals surface area contributed by atoms with Gasteiger partial charge < -0.3 is 4.90 Å². The summed E-state index contributed by atoms with van der Waals surface area (Å²) < 4.78 is 0. The van der Waals surface area contributed by atoms with E-state index in [2.05, 4.69) is 101 Å². The molecule has 1 saturated heterocycles. The van der Waals surface area contributed by atoms with E-state index < -0.39 is 0 Å². The van der Waals surface area contributed by atoms with Crippen LogP contribution < -0.4 is 4.90 Å². The molecule has 0 aromatic heterocycles. The number of para-hydroxylation sites is 1. The van der Waals surface area contributed by atoms with Gasteiger partial charge in [-0.25, -0.2) is 0 Å². The first-order valence-corrected chi connectivity index (χ1v) is 9.04. The maximum absolute atomic E-state index is 2.61. The van der Waals surface area contributed by atoms with Gasteiger partial charge in [0.2, 0.25) is 0 Å². The van der Waals surface area contributed by atoms with Gasteiger partial charge in [0.25, 0.3) is 0 Å². The average Bonchev–Trinajstić information content (AvgIpc) is 3.06. The van der Waals surface area contributed by atoms with E-state index in [-0.39, 0.29) is 0 Å². The number of hydrogen-bond donors (Lipinski definition) is 0. The van der Waals surface area contributed by atoms with Crippen molar-refractivity contribution < 1.29 is 0 Å². The van der Waals surface area contributed by atoms with Gasteiger partial charge in [0.05, 0.1) is 6.17 Å². The third-order valence-electron chi connectivity index (χ3n) is 4.99. The van der Waals surface area contributed by atoms with E-state index in [9.17, 15) is 0 Å². The van der Waals surface area contributed by atoms with E-state index in [0.29, 0.717) is 6.17 Å². The van der Waals surface area contributed by atoms with Crippen molar-refractivity contribution in [1.29, 1.82) is 0 Å². The first kappa shape index (κ1) is 15.9. The van der Waals surface area contributed by atoms with Crippen molar-refractivity contribution in [3.63, 3.8) is 0 Å². The van der Waals surface area contributed by atoms with Crippen LogP contribution in [0.5, 0.6) is 0 Å². The molecule has 1 fully saturated rings. The summed E-state index contributed by atoms with van der Waals surface area (Å²) in [5.41, 5.74) is 4.10. The summed E-state index contributed by atoms with van der Waals surface area (Å²) in [7, 11) is 0. The molecule has 1 aliphatic rings. The van der Waals surface area contributed by atoms with Crippen LogP contribution >= 0.6 is 0 Å². The third-order valence-corrected chi connectivity index (χ3v) is 4.99. The second kappa shape index (κ2) is 7.54. The Morgan fingerprint density at radius 3 is 1.84 bits per heavy atom. The Morgan fingerprint density at radius 1 is 0.640 bits per heavy atom. The molecule has 4 rings (SSSR count). The predicted molar refractivity (Wildman–Crippen MR) is 105 cm³/mol. The van der Waals surface area contributed by atoms with E-state index >= 15 is 0 Å². The molecule has 1 aliphatic heterocycles. The molecule has 3 aromatic rings. The molecule has 126 valence electrons. The molecule has 2 nitrogen and oxygen atoms in total. The number of hydrogen-bond acceptors (Lipinski definition) is 2. The fourth-order valence-corrected chi connectivity index (χ4v) is 3.72. The Morgan fingerprint density at radius 2 is 1.20 bits per heavy atom. The van der Waals surface area contributed by atoms with Gasteiger partial charge in [-0.15, -0.1) is 0 Å². The van der Waals surface area contributed by atoms with Gasteiger partial charge in [-0.1, -0.05) is 78.9 Å². The standard InChI is InChI=1S/C23H24N2/c1-4-10-20(11-5-1)18-23-24(19-21-12-6-2-7-13-21)16-17-25(23)22-14-8-3-9-15-22/h1-15,23H,16-19H2. The monoisotopic (exact) mass is 328 g/mol. The molecule has 3 aromatic carbocycles. The lowest BCUT2D eigenvalue weighted by atomic mass is 10.1. The number of rotatable bonds is 5. The zero-order valence-corrected chi connectivity index (χ0v) is 14.5. The van der Waals surface area contributed by atoms with Gasteiger partial charge in [0.1, 0.15) is 0 Å². The lowest BCUT2D eigenvalue weighted by Gasteiger charge is -2.32. The van der Waals surface area contributed by atoms with E-state index in [1.807, 2.05) is 0 Å². The Labute approximate surface area is 150 Å². The second-order valence-corrected chi connectivity index (χ2v) is 6.66. The summed E-state index contributed by atoms with van der Waals surface area (Å²) in [5, 5.41) is 0. The number of benzene rings is 3. The summed E-state index contributed by atoms with van der Waals surface area (Å²) in [6.07, 6.45) is 1.44. The van der Waals surface area contributed by atoms with Crippen molar-refractivity contribution in [3.05, 3.63) is 102 Å². The fraction of sp³-hybridized carbons (Fsp3) is 0.217. The normalized spacial score (nSPS) is 17.8. The summed E-state index contributed by atoms with van der Waals surface area (Å²) in [4.78, 5) is 5.16. The molecule has 0 radical (unpaired) electrons. The van der Waals surface area contributed by atoms with Crippen LogP contribution in [-0.2, 0) is 13.0 Å². The number of nitrogens with zero attached hydrogens (tertiary/aromatic N) is 2. The second-order valence-electron chi connectivity index (χ2n) is 6.66. The molecule has 1 heterocycles. The van der Waals surface area contributed by atoms with Crippen LogP contribution in [0.15, 0.2) is 91.0 Å². The van der Waals surface area contributed by atoms with Gasteiger partial charge in [0, 0.05) is 31.7 Å². The molecule has 0 bridgehead atoms. The number of anilines is 1. The van der Waals surface area contributed by atoms with Crippen molar-refractivity contribution >= 4 is 5.69 Å². The molecule has 0 N–H and O–H groups in total. The highest BCUT2D eigenvalue weighted by atomic mass is 15.4. The van der Waals surface area contributed by atoms with Gasteiger partial charge in [0.15, 0.2) is 0 Å². The summed E-state index contributed by atoms with van der Waals surface area (Å²) in [6.45, 7) is 3.18. The molecule has 1 atom stereocenters. The SMILES string of the molecule is c1ccc(CC2N(Cc3ccccc3)CCN2c2ccccc2)cc1. The minimum absolute atomic E-state index is 0.394. The third kappa shape index (κ3) is 3.75. The van der Waals surface area contributed by atoms with E-state index in [1.54, 1.807) is 0 Å². The van der Waals surface area contributed by atoms with Crippen LogP contribution in [0.1, 0.15) is 11.1 Å². The van der Waals surface area contributed by atoms with Crippen molar-refractivity contribution in [3.8, 4) is 0 Å². The predicted octanol–water partition coefficient (Wildman–Crippen LogP) is 4.58. The molecule has 0 saturated carbocycles. The van der Waals surface area contributed by atoms with Crippen molar-refractivity contribution in [1.82, 2.24) is 4.90 Å². The lowest BCUT2D eigenvalue weighted by Crippen LogP contribution is -2.40. The largest absolute Gasteiger partial charge is 0.354 e. The highest BCUT2D eigenvalue weighted by Crippen LogP contribution is 2.27. The summed E-state index contributed by atoms with van der Waals surface area (Å²) in [5.74, 6) is 0. The topological polar surface area (TPSA) is 6.48 Å². The maximum Gasteiger partial charge on any atom is 0.0865 e. The van der Waals surface area contributed by atoms with E-state index in [0.717, 1.165) is 26.1 Å². The lowest BCUT2D eigenvalue weighted by molar-refractivity contribution is 0.245. The van der Waals surface area contributed by atoms with Crippen molar-refractivity contribution in [2.24, 2.45) is 0 Å². The summed E-state index contributed by atoms with van der Waals surface area (Å²) >= 11 is 0. The molecule has 1 unspecified atom stereocenters. The first-order chi connectivity index (χ1) is 12.4.